The number of nitro benzene ring substituents is 1. The molecular formula is C18H24N2O8. The minimum absolute atomic E-state index is 0.0221. The lowest BCUT2D eigenvalue weighted by Gasteiger charge is -2.49. The standard InChI is InChI=1S/C18H24N2O8/c1-10(21)19-14-15(22)16-13(9-26-18(2,3)28-16)27-17(14)25-8-11-4-6-12(7-5-11)20(23)24/h4-7,13-17,22H,8-9H2,1-3H3,(H,19,21)/t13-,14+,15-,16-,17-/m1/s1. The van der Waals surface area contributed by atoms with E-state index < -0.39 is 41.4 Å². The van der Waals surface area contributed by atoms with Crippen LogP contribution in [-0.2, 0) is 30.3 Å². The second-order valence-corrected chi connectivity index (χ2v) is 7.29. The lowest BCUT2D eigenvalue weighted by atomic mass is 9.95. The molecule has 0 unspecified atom stereocenters. The van der Waals surface area contributed by atoms with Gasteiger partial charge in [0.25, 0.3) is 5.69 Å². The number of nitrogens with one attached hydrogen (secondary N) is 1. The monoisotopic (exact) mass is 396 g/mol. The lowest BCUT2D eigenvalue weighted by molar-refractivity contribution is -0.384. The summed E-state index contributed by atoms with van der Waals surface area (Å²) in [6.07, 6.45) is -3.24. The average Bonchev–Trinajstić information content (AvgIpc) is 2.63. The first-order chi connectivity index (χ1) is 13.2. The number of rotatable bonds is 5. The molecule has 0 bridgehead atoms. The Morgan fingerprint density at radius 2 is 2.07 bits per heavy atom. The Balaban J connectivity index is 1.71. The molecule has 2 heterocycles. The summed E-state index contributed by atoms with van der Waals surface area (Å²) in [7, 11) is 0. The van der Waals surface area contributed by atoms with Gasteiger partial charge in [-0.3, -0.25) is 14.9 Å². The van der Waals surface area contributed by atoms with E-state index >= 15 is 0 Å². The summed E-state index contributed by atoms with van der Waals surface area (Å²) in [5, 5.41) is 24.2. The third-order valence-corrected chi connectivity index (χ3v) is 4.62. The van der Waals surface area contributed by atoms with E-state index in [1.165, 1.54) is 19.1 Å². The molecule has 2 aliphatic heterocycles. The zero-order valence-corrected chi connectivity index (χ0v) is 15.9. The molecule has 0 saturated carbocycles. The molecule has 2 saturated heterocycles. The van der Waals surface area contributed by atoms with Crippen LogP contribution in [0.4, 0.5) is 5.69 Å². The normalized spacial score (nSPS) is 31.6. The highest BCUT2D eigenvalue weighted by Crippen LogP contribution is 2.33. The predicted molar refractivity (Wildman–Crippen MR) is 95.1 cm³/mol. The number of nitro groups is 1. The van der Waals surface area contributed by atoms with Crippen LogP contribution in [0.15, 0.2) is 24.3 Å². The Kier molecular flexibility index (Phi) is 5.96. The van der Waals surface area contributed by atoms with E-state index in [4.69, 9.17) is 18.9 Å². The highest BCUT2D eigenvalue weighted by atomic mass is 16.8. The number of nitrogens with zero attached hydrogens (tertiary/aromatic N) is 1. The zero-order valence-electron chi connectivity index (χ0n) is 15.9. The predicted octanol–water partition coefficient (Wildman–Crippen LogP) is 0.853. The molecule has 28 heavy (non-hydrogen) atoms. The quantitative estimate of drug-likeness (QED) is 0.554. The van der Waals surface area contributed by atoms with Crippen LogP contribution < -0.4 is 5.32 Å². The van der Waals surface area contributed by atoms with Gasteiger partial charge in [-0.2, -0.15) is 0 Å². The van der Waals surface area contributed by atoms with Gasteiger partial charge in [0.1, 0.15) is 24.4 Å². The van der Waals surface area contributed by atoms with E-state index in [2.05, 4.69) is 5.32 Å². The highest BCUT2D eigenvalue weighted by Gasteiger charge is 2.51. The van der Waals surface area contributed by atoms with Crippen molar-refractivity contribution in [2.75, 3.05) is 6.61 Å². The maximum Gasteiger partial charge on any atom is 0.269 e. The van der Waals surface area contributed by atoms with E-state index in [1.807, 2.05) is 0 Å². The molecule has 1 aromatic rings. The van der Waals surface area contributed by atoms with E-state index in [-0.39, 0.29) is 24.8 Å². The van der Waals surface area contributed by atoms with Gasteiger partial charge in [0.05, 0.1) is 18.1 Å². The summed E-state index contributed by atoms with van der Waals surface area (Å²) in [6.45, 7) is 5.09. The van der Waals surface area contributed by atoms with E-state index in [0.717, 1.165) is 0 Å². The number of benzene rings is 1. The van der Waals surface area contributed by atoms with Gasteiger partial charge in [0.2, 0.25) is 5.91 Å². The van der Waals surface area contributed by atoms with Crippen molar-refractivity contribution >= 4 is 11.6 Å². The maximum atomic E-state index is 11.6. The molecule has 2 fully saturated rings. The fourth-order valence-electron chi connectivity index (χ4n) is 3.27. The van der Waals surface area contributed by atoms with Crippen LogP contribution in [0.5, 0.6) is 0 Å². The summed E-state index contributed by atoms with van der Waals surface area (Å²) in [5.41, 5.74) is 0.663. The van der Waals surface area contributed by atoms with Crippen molar-refractivity contribution in [2.45, 2.75) is 63.8 Å². The number of hydrogen-bond donors (Lipinski definition) is 2. The van der Waals surface area contributed by atoms with Crippen molar-refractivity contribution < 1.29 is 33.8 Å². The molecule has 0 spiro atoms. The Morgan fingerprint density at radius 3 is 2.68 bits per heavy atom. The van der Waals surface area contributed by atoms with Gasteiger partial charge in [-0.05, 0) is 31.5 Å². The van der Waals surface area contributed by atoms with Gasteiger partial charge in [-0.1, -0.05) is 0 Å². The van der Waals surface area contributed by atoms with Crippen molar-refractivity contribution in [1.82, 2.24) is 5.32 Å². The van der Waals surface area contributed by atoms with Gasteiger partial charge in [-0.25, -0.2) is 0 Å². The number of ether oxygens (including phenoxy) is 4. The number of fused-ring (bicyclic) bond motifs is 1. The third-order valence-electron chi connectivity index (χ3n) is 4.62. The topological polar surface area (TPSA) is 129 Å². The molecule has 0 radical (unpaired) electrons. The van der Waals surface area contributed by atoms with Crippen LogP contribution >= 0.6 is 0 Å². The van der Waals surface area contributed by atoms with Gasteiger partial charge >= 0.3 is 0 Å². The van der Waals surface area contributed by atoms with Crippen LogP contribution in [0.1, 0.15) is 26.3 Å². The van der Waals surface area contributed by atoms with Crippen molar-refractivity contribution in [3.05, 3.63) is 39.9 Å². The van der Waals surface area contributed by atoms with Crippen molar-refractivity contribution in [3.8, 4) is 0 Å². The molecule has 10 heteroatoms. The molecular weight excluding hydrogens is 372 g/mol. The average molecular weight is 396 g/mol. The molecule has 2 N–H and O–H groups in total. The smallest absolute Gasteiger partial charge is 0.269 e. The van der Waals surface area contributed by atoms with Crippen LogP contribution in [0.2, 0.25) is 0 Å². The fourth-order valence-corrected chi connectivity index (χ4v) is 3.27. The van der Waals surface area contributed by atoms with Gasteiger partial charge in [0, 0.05) is 19.1 Å². The number of hydrogen-bond acceptors (Lipinski definition) is 8. The lowest BCUT2D eigenvalue weighted by Crippen LogP contribution is -2.68. The number of aliphatic hydroxyl groups excluding tert-OH is 1. The summed E-state index contributed by atoms with van der Waals surface area (Å²) >= 11 is 0. The molecule has 5 atom stereocenters. The first-order valence-electron chi connectivity index (χ1n) is 8.93. The molecule has 2 aliphatic rings. The molecule has 1 aromatic carbocycles. The van der Waals surface area contributed by atoms with Crippen LogP contribution in [0, 0.1) is 10.1 Å². The van der Waals surface area contributed by atoms with Crippen molar-refractivity contribution in [1.29, 1.82) is 0 Å². The number of amides is 1. The number of aliphatic hydroxyl groups is 1. The molecule has 154 valence electrons. The second kappa shape index (κ2) is 8.10. The minimum atomic E-state index is -1.06. The summed E-state index contributed by atoms with van der Waals surface area (Å²) < 4.78 is 23.0. The van der Waals surface area contributed by atoms with Gasteiger partial charge in [0.15, 0.2) is 12.1 Å². The summed E-state index contributed by atoms with van der Waals surface area (Å²) in [4.78, 5) is 21.9. The van der Waals surface area contributed by atoms with Crippen molar-refractivity contribution in [2.24, 2.45) is 0 Å². The van der Waals surface area contributed by atoms with Crippen LogP contribution in [-0.4, -0.2) is 59.0 Å². The van der Waals surface area contributed by atoms with E-state index in [9.17, 15) is 20.0 Å². The van der Waals surface area contributed by atoms with E-state index in [1.54, 1.807) is 26.0 Å². The molecule has 1 amide bonds. The van der Waals surface area contributed by atoms with Gasteiger partial charge in [-0.15, -0.1) is 0 Å². The molecule has 3 rings (SSSR count). The third kappa shape index (κ3) is 4.65. The number of non-ortho nitro benzene ring substituents is 1. The summed E-state index contributed by atoms with van der Waals surface area (Å²) in [6, 6.07) is 5.06. The first kappa shape index (κ1) is 20.6. The SMILES string of the molecule is CC(=O)N[C@@H]1[C@H](OCc2ccc([N+](=O)[O-])cc2)O[C@@H]2COC(C)(C)O[C@H]2[C@@H]1O. The first-order valence-corrected chi connectivity index (χ1v) is 8.93. The van der Waals surface area contributed by atoms with Crippen molar-refractivity contribution in [3.63, 3.8) is 0 Å². The highest BCUT2D eigenvalue weighted by molar-refractivity contribution is 5.73. The number of carbonyl (C=O) groups excluding carboxylic acids is 1. The largest absolute Gasteiger partial charge is 0.388 e. The Bertz CT molecular complexity index is 723. The maximum absolute atomic E-state index is 11.6. The Hall–Kier alpha value is -2.11. The Morgan fingerprint density at radius 1 is 1.39 bits per heavy atom. The van der Waals surface area contributed by atoms with Crippen LogP contribution in [0.3, 0.4) is 0 Å². The van der Waals surface area contributed by atoms with Gasteiger partial charge < -0.3 is 29.4 Å². The van der Waals surface area contributed by atoms with E-state index in [0.29, 0.717) is 5.56 Å². The summed E-state index contributed by atoms with van der Waals surface area (Å²) in [5.74, 6) is -1.22. The second-order valence-electron chi connectivity index (χ2n) is 7.29. The Labute approximate surface area is 161 Å². The van der Waals surface area contributed by atoms with Crippen LogP contribution in [0.25, 0.3) is 0 Å². The number of carbonyl (C=O) groups is 1. The fraction of sp³-hybridized carbons (Fsp3) is 0.611. The minimum Gasteiger partial charge on any atom is -0.388 e. The molecule has 0 aromatic heterocycles. The zero-order chi connectivity index (χ0) is 20.5. The molecule has 0 aliphatic carbocycles. The molecule has 10 nitrogen and oxygen atoms in total.